The van der Waals surface area contributed by atoms with Crippen LogP contribution in [-0.2, 0) is 6.54 Å². The van der Waals surface area contributed by atoms with E-state index in [0.29, 0.717) is 29.7 Å². The van der Waals surface area contributed by atoms with Gasteiger partial charge in [0.05, 0.1) is 29.3 Å². The lowest BCUT2D eigenvalue weighted by Crippen LogP contribution is -2.04. The van der Waals surface area contributed by atoms with E-state index < -0.39 is 0 Å². The minimum absolute atomic E-state index is 0.0365. The fraction of sp³-hybridized carbons (Fsp3) is 0.333. The van der Waals surface area contributed by atoms with Gasteiger partial charge in [-0.15, -0.1) is 0 Å². The molecule has 3 heterocycles. The van der Waals surface area contributed by atoms with Gasteiger partial charge in [0, 0.05) is 11.4 Å². The van der Waals surface area contributed by atoms with Gasteiger partial charge in [-0.1, -0.05) is 29.3 Å². The Hall–Kier alpha value is -1.63. The molecule has 1 N–H and O–H groups in total. The Bertz CT molecular complexity index is 981. The van der Waals surface area contributed by atoms with Crippen LogP contribution in [0.3, 0.4) is 0 Å². The fourth-order valence-corrected chi connectivity index (χ4v) is 4.71. The van der Waals surface area contributed by atoms with E-state index in [4.69, 9.17) is 23.2 Å². The summed E-state index contributed by atoms with van der Waals surface area (Å²) in [6.07, 6.45) is 3.51. The second-order valence-electron chi connectivity index (χ2n) is 6.44. The van der Waals surface area contributed by atoms with Crippen molar-refractivity contribution < 1.29 is 4.39 Å². The van der Waals surface area contributed by atoms with Crippen molar-refractivity contribution in [3.63, 3.8) is 0 Å². The molecule has 26 heavy (non-hydrogen) atoms. The Balaban J connectivity index is 1.77. The van der Waals surface area contributed by atoms with Crippen molar-refractivity contribution in [3.05, 3.63) is 56.5 Å². The molecule has 0 saturated heterocycles. The highest BCUT2D eigenvalue weighted by atomic mass is 35.5. The van der Waals surface area contributed by atoms with Crippen molar-refractivity contribution in [2.45, 2.75) is 38.6 Å². The molecule has 0 aromatic carbocycles. The summed E-state index contributed by atoms with van der Waals surface area (Å²) < 4.78 is 19.4. The zero-order chi connectivity index (χ0) is 18.3. The highest BCUT2D eigenvalue weighted by Crippen LogP contribution is 2.42. The summed E-state index contributed by atoms with van der Waals surface area (Å²) in [6, 6.07) is 3.78. The van der Waals surface area contributed by atoms with Gasteiger partial charge in [0.15, 0.2) is 5.15 Å². The van der Waals surface area contributed by atoms with Gasteiger partial charge in [-0.2, -0.15) is 9.47 Å². The topological polar surface area (TPSA) is 42.2 Å². The Kier molecular flexibility index (Phi) is 4.90. The van der Waals surface area contributed by atoms with Crippen molar-refractivity contribution in [1.29, 1.82) is 0 Å². The number of aromatic nitrogens is 3. The lowest BCUT2D eigenvalue weighted by molar-refractivity contribution is 0.496. The molecule has 8 heteroatoms. The molecule has 0 spiro atoms. The van der Waals surface area contributed by atoms with Crippen molar-refractivity contribution in [1.82, 2.24) is 14.0 Å². The van der Waals surface area contributed by atoms with Gasteiger partial charge in [0.2, 0.25) is 0 Å². The molecule has 136 valence electrons. The third-order valence-corrected chi connectivity index (χ3v) is 5.95. The number of hydrogen-bond acceptors (Lipinski definition) is 4. The first-order valence-electron chi connectivity index (χ1n) is 8.39. The molecule has 0 bridgehead atoms. The number of halogens is 3. The largest absolute Gasteiger partial charge is 0.378 e. The fourth-order valence-electron chi connectivity index (χ4n) is 3.56. The average Bonchev–Trinajstić information content (AvgIpc) is 3.22. The van der Waals surface area contributed by atoms with Gasteiger partial charge in [0.1, 0.15) is 5.15 Å². The molecule has 4 rings (SSSR count). The summed E-state index contributed by atoms with van der Waals surface area (Å²) in [5.41, 5.74) is 4.81. The highest BCUT2D eigenvalue weighted by Gasteiger charge is 2.26. The second kappa shape index (κ2) is 7.18. The van der Waals surface area contributed by atoms with Crippen LogP contribution in [0.5, 0.6) is 0 Å². The molecule has 1 aliphatic carbocycles. The van der Waals surface area contributed by atoms with Gasteiger partial charge < -0.3 is 5.32 Å². The number of allylic oxidation sites excluding steroid dienone is 2. The number of anilines is 1. The lowest BCUT2D eigenvalue weighted by Gasteiger charge is -2.19. The number of fused-ring (bicyclic) bond motifs is 1. The molecule has 4 nitrogen and oxygen atoms in total. The monoisotopic (exact) mass is 410 g/mol. The van der Waals surface area contributed by atoms with Crippen molar-refractivity contribution >= 4 is 45.9 Å². The number of nitrogens with zero attached hydrogens (tertiary/aromatic N) is 3. The molecule has 0 aliphatic heterocycles. The van der Waals surface area contributed by atoms with Gasteiger partial charge in [-0.25, -0.2) is 8.91 Å². The van der Waals surface area contributed by atoms with E-state index >= 15 is 0 Å². The third-order valence-electron chi connectivity index (χ3n) is 4.81. The first-order chi connectivity index (χ1) is 12.5. The lowest BCUT2D eigenvalue weighted by atomic mass is 9.87. The van der Waals surface area contributed by atoms with Crippen molar-refractivity contribution in [2.24, 2.45) is 0 Å². The van der Waals surface area contributed by atoms with Crippen molar-refractivity contribution in [2.75, 3.05) is 5.32 Å². The van der Waals surface area contributed by atoms with Crippen LogP contribution < -0.4 is 5.32 Å². The maximum Gasteiger partial charge on any atom is 0.152 e. The molecule has 0 amide bonds. The third kappa shape index (κ3) is 3.21. The standard InChI is InChI=1S/C18H17Cl2FN4S/c1-10-16(11-2-4-12(21)5-3-11)18(20)25-17(10)14(8-15(19)23-25)22-9-13-6-7-26-24-13/h4,6-8,11,22H,2-3,5,9H2,1H3. The zero-order valence-corrected chi connectivity index (χ0v) is 16.4. The van der Waals surface area contributed by atoms with Crippen LogP contribution in [0.2, 0.25) is 10.3 Å². The Labute approximate surface area is 164 Å². The van der Waals surface area contributed by atoms with Crippen molar-refractivity contribution in [3.8, 4) is 0 Å². The SMILES string of the molecule is Cc1c(C2CC=C(F)CC2)c(Cl)n2nc(Cl)cc(NCc3ccsn3)c12. The predicted octanol–water partition coefficient (Wildman–Crippen LogP) is 6.14. The van der Waals surface area contributed by atoms with E-state index in [1.54, 1.807) is 16.7 Å². The summed E-state index contributed by atoms with van der Waals surface area (Å²) >= 11 is 14.3. The van der Waals surface area contributed by atoms with Crippen LogP contribution in [0.4, 0.5) is 10.1 Å². The summed E-state index contributed by atoms with van der Waals surface area (Å²) in [5, 5.41) is 10.6. The first kappa shape index (κ1) is 17.8. The predicted molar refractivity (Wildman–Crippen MR) is 105 cm³/mol. The van der Waals surface area contributed by atoms with Gasteiger partial charge in [-0.3, -0.25) is 0 Å². The summed E-state index contributed by atoms with van der Waals surface area (Å²) in [4.78, 5) is 0. The highest BCUT2D eigenvalue weighted by molar-refractivity contribution is 7.03. The van der Waals surface area contributed by atoms with Crippen LogP contribution in [-0.4, -0.2) is 14.0 Å². The van der Waals surface area contributed by atoms with E-state index in [9.17, 15) is 4.39 Å². The molecule has 3 aromatic heterocycles. The molecule has 0 radical (unpaired) electrons. The van der Waals surface area contributed by atoms with E-state index in [2.05, 4.69) is 14.8 Å². The van der Waals surface area contributed by atoms with Gasteiger partial charge in [0.25, 0.3) is 0 Å². The Morgan fingerprint density at radius 3 is 2.96 bits per heavy atom. The first-order valence-corrected chi connectivity index (χ1v) is 9.98. The molecule has 1 unspecified atom stereocenters. The van der Waals surface area contributed by atoms with E-state index in [0.717, 1.165) is 34.4 Å². The minimum atomic E-state index is -0.0365. The van der Waals surface area contributed by atoms with E-state index in [1.165, 1.54) is 11.5 Å². The maximum atomic E-state index is 13.4. The zero-order valence-electron chi connectivity index (χ0n) is 14.1. The molecule has 1 aliphatic rings. The Morgan fingerprint density at radius 1 is 1.42 bits per heavy atom. The van der Waals surface area contributed by atoms with Crippen LogP contribution >= 0.6 is 34.7 Å². The summed E-state index contributed by atoms with van der Waals surface area (Å²) in [7, 11) is 0. The summed E-state index contributed by atoms with van der Waals surface area (Å²) in [5.74, 6) is 0.152. The van der Waals surface area contributed by atoms with Crippen LogP contribution in [0, 0.1) is 6.92 Å². The smallest absolute Gasteiger partial charge is 0.152 e. The number of aryl methyl sites for hydroxylation is 1. The maximum absolute atomic E-state index is 13.4. The molecule has 0 saturated carbocycles. The molecular weight excluding hydrogens is 394 g/mol. The van der Waals surface area contributed by atoms with E-state index in [-0.39, 0.29) is 11.7 Å². The molecular formula is C18H17Cl2FN4S. The number of rotatable bonds is 4. The van der Waals surface area contributed by atoms with Crippen LogP contribution in [0.1, 0.15) is 42.0 Å². The second-order valence-corrected chi connectivity index (χ2v) is 7.85. The number of nitrogens with one attached hydrogen (secondary N) is 1. The quantitative estimate of drug-likeness (QED) is 0.561. The van der Waals surface area contributed by atoms with E-state index in [1.807, 2.05) is 18.4 Å². The number of hydrogen-bond donors (Lipinski definition) is 1. The van der Waals surface area contributed by atoms with Crippen LogP contribution in [0.15, 0.2) is 29.4 Å². The van der Waals surface area contributed by atoms with Gasteiger partial charge in [-0.05, 0) is 60.8 Å². The minimum Gasteiger partial charge on any atom is -0.378 e. The Morgan fingerprint density at radius 2 is 2.27 bits per heavy atom. The van der Waals surface area contributed by atoms with Gasteiger partial charge >= 0.3 is 0 Å². The normalized spacial score (nSPS) is 17.5. The molecule has 0 fully saturated rings. The average molecular weight is 411 g/mol. The molecule has 3 aromatic rings. The van der Waals surface area contributed by atoms with Crippen LogP contribution in [0.25, 0.3) is 5.52 Å². The molecule has 1 atom stereocenters. The summed E-state index contributed by atoms with van der Waals surface area (Å²) in [6.45, 7) is 2.63.